The van der Waals surface area contributed by atoms with Crippen molar-refractivity contribution in [3.8, 4) is 11.5 Å². The van der Waals surface area contributed by atoms with Crippen molar-refractivity contribution in [2.45, 2.75) is 13.2 Å². The fourth-order valence-electron chi connectivity index (χ4n) is 2.04. The summed E-state index contributed by atoms with van der Waals surface area (Å²) in [5, 5.41) is 9.80. The van der Waals surface area contributed by atoms with Crippen LogP contribution in [0.3, 0.4) is 0 Å². The molecule has 1 aromatic carbocycles. The van der Waals surface area contributed by atoms with Gasteiger partial charge in [-0.1, -0.05) is 0 Å². The van der Waals surface area contributed by atoms with Gasteiger partial charge in [-0.15, -0.1) is 0 Å². The average molecular weight is 250 g/mol. The maximum atomic E-state index is 11.0. The summed E-state index contributed by atoms with van der Waals surface area (Å²) in [6, 6.07) is 1.50. The molecule has 1 heterocycles. The number of fused-ring (bicyclic) bond motifs is 1. The van der Waals surface area contributed by atoms with Crippen LogP contribution in [-0.2, 0) is 9.47 Å². The van der Waals surface area contributed by atoms with Gasteiger partial charge in [-0.3, -0.25) is 4.79 Å². The molecule has 96 valence electrons. The Bertz CT molecular complexity index is 519. The Kier molecular flexibility index (Phi) is 3.25. The maximum Gasteiger partial charge on any atom is 0.230 e. The number of methoxy groups -OCH3 is 2. The fraction of sp³-hybridized carbons (Fsp3) is 0.308. The summed E-state index contributed by atoms with van der Waals surface area (Å²) >= 11 is 0. The van der Waals surface area contributed by atoms with Crippen LogP contribution in [0.4, 0.5) is 0 Å². The molecule has 1 aromatic rings. The van der Waals surface area contributed by atoms with Gasteiger partial charge in [0.25, 0.3) is 0 Å². The van der Waals surface area contributed by atoms with Crippen LogP contribution in [0.15, 0.2) is 11.8 Å². The van der Waals surface area contributed by atoms with E-state index in [0.717, 1.165) is 0 Å². The summed E-state index contributed by atoms with van der Waals surface area (Å²) < 4.78 is 15.9. The van der Waals surface area contributed by atoms with E-state index in [1.54, 1.807) is 13.0 Å². The zero-order valence-electron chi connectivity index (χ0n) is 10.4. The Labute approximate surface area is 105 Å². The molecule has 0 fully saturated rings. The van der Waals surface area contributed by atoms with Crippen LogP contribution in [0.25, 0.3) is 6.08 Å². The molecule has 18 heavy (non-hydrogen) atoms. The van der Waals surface area contributed by atoms with Crippen molar-refractivity contribution in [3.63, 3.8) is 0 Å². The monoisotopic (exact) mass is 250 g/mol. The zero-order valence-corrected chi connectivity index (χ0v) is 10.4. The smallest absolute Gasteiger partial charge is 0.230 e. The van der Waals surface area contributed by atoms with E-state index in [-0.39, 0.29) is 17.1 Å². The molecular formula is C13H14O5. The molecule has 0 aliphatic carbocycles. The quantitative estimate of drug-likeness (QED) is 0.833. The van der Waals surface area contributed by atoms with Crippen molar-refractivity contribution in [1.29, 1.82) is 0 Å². The van der Waals surface area contributed by atoms with E-state index in [4.69, 9.17) is 14.2 Å². The number of phenolic OH excluding ortho intramolecular Hbond substituents is 1. The van der Waals surface area contributed by atoms with E-state index in [1.165, 1.54) is 20.3 Å². The molecule has 0 saturated carbocycles. The molecule has 2 rings (SSSR count). The van der Waals surface area contributed by atoms with E-state index in [2.05, 4.69) is 0 Å². The van der Waals surface area contributed by atoms with Gasteiger partial charge in [-0.05, 0) is 24.6 Å². The summed E-state index contributed by atoms with van der Waals surface area (Å²) in [5.41, 5.74) is 1.41. The molecular weight excluding hydrogens is 236 g/mol. The van der Waals surface area contributed by atoms with Crippen molar-refractivity contribution in [3.05, 3.63) is 28.5 Å². The van der Waals surface area contributed by atoms with Gasteiger partial charge in [0, 0.05) is 7.11 Å². The van der Waals surface area contributed by atoms with E-state index < -0.39 is 6.29 Å². The summed E-state index contributed by atoms with van der Waals surface area (Å²) in [7, 11) is 2.93. The van der Waals surface area contributed by atoms with Crippen molar-refractivity contribution >= 4 is 12.4 Å². The topological polar surface area (TPSA) is 65.0 Å². The van der Waals surface area contributed by atoms with Crippen LogP contribution in [0.2, 0.25) is 0 Å². The molecule has 0 radical (unpaired) electrons. The van der Waals surface area contributed by atoms with Crippen LogP contribution in [0.5, 0.6) is 11.5 Å². The predicted molar refractivity (Wildman–Crippen MR) is 64.5 cm³/mol. The third kappa shape index (κ3) is 1.82. The lowest BCUT2D eigenvalue weighted by atomic mass is 9.98. The zero-order chi connectivity index (χ0) is 13.3. The van der Waals surface area contributed by atoms with E-state index in [9.17, 15) is 9.90 Å². The molecule has 1 aliphatic rings. The molecule has 0 amide bonds. The minimum atomic E-state index is -0.653. The molecule has 0 saturated heterocycles. The first-order valence-corrected chi connectivity index (χ1v) is 5.39. The van der Waals surface area contributed by atoms with Crippen molar-refractivity contribution in [2.24, 2.45) is 0 Å². The van der Waals surface area contributed by atoms with E-state index in [1.807, 2.05) is 0 Å². The second-order valence-corrected chi connectivity index (χ2v) is 3.90. The van der Waals surface area contributed by atoms with Crippen LogP contribution >= 0.6 is 0 Å². The number of aromatic hydroxyl groups is 1. The number of hydrogen-bond donors (Lipinski definition) is 1. The van der Waals surface area contributed by atoms with Gasteiger partial charge < -0.3 is 19.3 Å². The Morgan fingerprint density at radius 1 is 1.44 bits per heavy atom. The fourth-order valence-corrected chi connectivity index (χ4v) is 2.04. The largest absolute Gasteiger partial charge is 0.507 e. The third-order valence-electron chi connectivity index (χ3n) is 2.79. The molecule has 1 atom stereocenters. The normalized spacial score (nSPS) is 17.5. The predicted octanol–water partition coefficient (Wildman–Crippen LogP) is 2.25. The van der Waals surface area contributed by atoms with Gasteiger partial charge in [0.05, 0.1) is 24.0 Å². The number of carbonyl (C=O) groups excluding carboxylic acids is 1. The summed E-state index contributed by atoms with van der Waals surface area (Å²) in [5.74, 6) is 0.812. The molecule has 0 unspecified atom stereocenters. The van der Waals surface area contributed by atoms with Crippen molar-refractivity contribution in [2.75, 3.05) is 14.2 Å². The minimum absolute atomic E-state index is 0.0925. The molecule has 1 N–H and O–H groups in total. The lowest BCUT2D eigenvalue weighted by Crippen LogP contribution is -2.14. The highest BCUT2D eigenvalue weighted by molar-refractivity contribution is 5.86. The SMILES string of the molecule is COc1c(C=O)c(O)cc2c1[C@H](OC)OC(C)=C2. The number of benzene rings is 1. The standard InChI is InChI=1S/C13H14O5/c1-7-4-8-5-10(15)9(6-14)12(16-2)11(8)13(17-3)18-7/h4-6,13,15H,1-3H3/t13-/m1/s1. The van der Waals surface area contributed by atoms with Crippen LogP contribution < -0.4 is 4.74 Å². The Balaban J connectivity index is 2.75. The molecule has 0 spiro atoms. The lowest BCUT2D eigenvalue weighted by Gasteiger charge is -2.27. The number of hydrogen-bond acceptors (Lipinski definition) is 5. The number of allylic oxidation sites excluding steroid dienone is 1. The highest BCUT2D eigenvalue weighted by Crippen LogP contribution is 2.42. The molecule has 0 bridgehead atoms. The first kappa shape index (κ1) is 12.4. The summed E-state index contributed by atoms with van der Waals surface area (Å²) in [6.45, 7) is 1.78. The number of ether oxygens (including phenoxy) is 3. The lowest BCUT2D eigenvalue weighted by molar-refractivity contribution is -0.0996. The van der Waals surface area contributed by atoms with Gasteiger partial charge in [-0.2, -0.15) is 0 Å². The van der Waals surface area contributed by atoms with Crippen LogP contribution in [0, 0.1) is 0 Å². The van der Waals surface area contributed by atoms with Crippen molar-refractivity contribution < 1.29 is 24.1 Å². The summed E-state index contributed by atoms with van der Waals surface area (Å²) in [4.78, 5) is 11.0. The Morgan fingerprint density at radius 3 is 2.72 bits per heavy atom. The number of phenols is 1. The highest BCUT2D eigenvalue weighted by Gasteiger charge is 2.28. The molecule has 5 nitrogen and oxygen atoms in total. The Hall–Kier alpha value is -2.01. The molecule has 0 aromatic heterocycles. The van der Waals surface area contributed by atoms with Gasteiger partial charge in [0.2, 0.25) is 6.29 Å². The maximum absolute atomic E-state index is 11.0. The number of carbonyl (C=O) groups is 1. The van der Waals surface area contributed by atoms with Crippen LogP contribution in [0.1, 0.15) is 34.7 Å². The molecule has 5 heteroatoms. The first-order chi connectivity index (χ1) is 8.62. The van der Waals surface area contributed by atoms with E-state index >= 15 is 0 Å². The second-order valence-electron chi connectivity index (χ2n) is 3.90. The van der Waals surface area contributed by atoms with Gasteiger partial charge >= 0.3 is 0 Å². The molecule has 1 aliphatic heterocycles. The van der Waals surface area contributed by atoms with Gasteiger partial charge in [0.1, 0.15) is 11.5 Å². The number of aldehydes is 1. The summed E-state index contributed by atoms with van der Waals surface area (Å²) in [6.07, 6.45) is 1.65. The number of rotatable bonds is 3. The first-order valence-electron chi connectivity index (χ1n) is 5.39. The Morgan fingerprint density at radius 2 is 2.17 bits per heavy atom. The highest BCUT2D eigenvalue weighted by atomic mass is 16.7. The second kappa shape index (κ2) is 4.70. The average Bonchev–Trinajstić information content (AvgIpc) is 2.35. The van der Waals surface area contributed by atoms with E-state index in [0.29, 0.717) is 23.2 Å². The van der Waals surface area contributed by atoms with Crippen molar-refractivity contribution in [1.82, 2.24) is 0 Å². The van der Waals surface area contributed by atoms with Crippen LogP contribution in [-0.4, -0.2) is 25.6 Å². The van der Waals surface area contributed by atoms with Gasteiger partial charge in [0.15, 0.2) is 6.29 Å². The minimum Gasteiger partial charge on any atom is -0.507 e. The van der Waals surface area contributed by atoms with Gasteiger partial charge in [-0.25, -0.2) is 0 Å². The third-order valence-corrected chi connectivity index (χ3v) is 2.79.